The summed E-state index contributed by atoms with van der Waals surface area (Å²) in [5.74, 6) is 0.843. The molecule has 1 atom stereocenters. The lowest BCUT2D eigenvalue weighted by Crippen LogP contribution is -2.47. The van der Waals surface area contributed by atoms with Crippen LogP contribution in [0.3, 0.4) is 0 Å². The zero-order chi connectivity index (χ0) is 18.8. The van der Waals surface area contributed by atoms with Crippen LogP contribution >= 0.6 is 0 Å². The summed E-state index contributed by atoms with van der Waals surface area (Å²) in [5, 5.41) is 7.37. The molecule has 0 radical (unpaired) electrons. The summed E-state index contributed by atoms with van der Waals surface area (Å²) in [5.41, 5.74) is 1.89. The minimum atomic E-state index is -0.549. The molecule has 1 amide bonds. The van der Waals surface area contributed by atoms with E-state index in [-0.39, 0.29) is 18.2 Å². The first-order valence-electron chi connectivity index (χ1n) is 9.03. The van der Waals surface area contributed by atoms with Gasteiger partial charge in [-0.1, -0.05) is 12.1 Å². The van der Waals surface area contributed by atoms with Crippen LogP contribution in [0.4, 0.5) is 0 Å². The Morgan fingerprint density at radius 1 is 1.30 bits per heavy atom. The van der Waals surface area contributed by atoms with Crippen molar-refractivity contribution in [3.8, 4) is 0 Å². The highest BCUT2D eigenvalue weighted by atomic mass is 16.5. The van der Waals surface area contributed by atoms with Gasteiger partial charge in [0.15, 0.2) is 11.6 Å². The Hall–Kier alpha value is -2.87. The molecule has 1 unspecified atom stereocenters. The second kappa shape index (κ2) is 5.56. The molecule has 3 aromatic rings. The van der Waals surface area contributed by atoms with Gasteiger partial charge in [0.1, 0.15) is 17.8 Å². The molecule has 8 nitrogen and oxygen atoms in total. The van der Waals surface area contributed by atoms with Crippen LogP contribution in [0, 0.1) is 13.8 Å². The van der Waals surface area contributed by atoms with Crippen molar-refractivity contribution in [2.45, 2.75) is 39.0 Å². The van der Waals surface area contributed by atoms with E-state index in [1.807, 2.05) is 32.0 Å². The molecule has 5 rings (SSSR count). The third kappa shape index (κ3) is 2.43. The van der Waals surface area contributed by atoms with E-state index < -0.39 is 5.60 Å². The molecule has 1 fully saturated rings. The van der Waals surface area contributed by atoms with Crippen LogP contribution in [0.15, 0.2) is 27.4 Å². The Morgan fingerprint density at radius 3 is 3.00 bits per heavy atom. The lowest BCUT2D eigenvalue weighted by atomic mass is 10.0. The number of likely N-dealkylation sites (tertiary alicyclic amines) is 1. The standard InChI is InChI=1S/C19H20N4O4/c1-11-3-4-13-12(2)16(27-14(13)7-11)17(24)22-6-5-19(9-22)10-23-15(8-26-19)20-21-18(23)25/h3-4,7H,5-6,8-10H2,1-2H3,(H,21,25). The maximum Gasteiger partial charge on any atom is 0.343 e. The Balaban J connectivity index is 1.42. The number of hydrogen-bond donors (Lipinski definition) is 1. The molecule has 8 heteroatoms. The number of fused-ring (bicyclic) bond motifs is 2. The van der Waals surface area contributed by atoms with Gasteiger partial charge >= 0.3 is 5.69 Å². The van der Waals surface area contributed by atoms with Crippen molar-refractivity contribution in [3.63, 3.8) is 0 Å². The summed E-state index contributed by atoms with van der Waals surface area (Å²) < 4.78 is 13.5. The molecule has 1 N–H and O–H groups in total. The average molecular weight is 368 g/mol. The van der Waals surface area contributed by atoms with Gasteiger partial charge in [-0.05, 0) is 31.9 Å². The smallest absolute Gasteiger partial charge is 0.343 e. The van der Waals surface area contributed by atoms with E-state index in [0.717, 1.165) is 22.1 Å². The number of nitrogens with one attached hydrogen (secondary N) is 1. The molecule has 1 spiro atoms. The van der Waals surface area contributed by atoms with Gasteiger partial charge in [0.25, 0.3) is 5.91 Å². The van der Waals surface area contributed by atoms with E-state index >= 15 is 0 Å². The monoisotopic (exact) mass is 368 g/mol. The summed E-state index contributed by atoms with van der Waals surface area (Å²) in [6, 6.07) is 5.95. The van der Waals surface area contributed by atoms with Gasteiger partial charge in [0.2, 0.25) is 0 Å². The van der Waals surface area contributed by atoms with Crippen LogP contribution in [0.5, 0.6) is 0 Å². The Morgan fingerprint density at radius 2 is 2.15 bits per heavy atom. The molecule has 0 bridgehead atoms. The predicted octanol–water partition coefficient (Wildman–Crippen LogP) is 1.75. The fourth-order valence-electron chi connectivity index (χ4n) is 4.12. The number of carbonyl (C=O) groups is 1. The third-order valence-electron chi connectivity index (χ3n) is 5.68. The number of aryl methyl sites for hydroxylation is 2. The Labute approximate surface area is 154 Å². The number of furan rings is 1. The van der Waals surface area contributed by atoms with Crippen molar-refractivity contribution >= 4 is 16.9 Å². The molecule has 140 valence electrons. The average Bonchev–Trinajstić information content (AvgIpc) is 3.32. The molecule has 2 aromatic heterocycles. The van der Waals surface area contributed by atoms with Gasteiger partial charge in [-0.25, -0.2) is 9.89 Å². The van der Waals surface area contributed by atoms with Crippen LogP contribution in [0.25, 0.3) is 11.0 Å². The first-order valence-corrected chi connectivity index (χ1v) is 9.03. The zero-order valence-corrected chi connectivity index (χ0v) is 15.2. The van der Waals surface area contributed by atoms with Crippen molar-refractivity contribution < 1.29 is 13.9 Å². The summed E-state index contributed by atoms with van der Waals surface area (Å²) in [6.45, 7) is 5.57. The van der Waals surface area contributed by atoms with Crippen LogP contribution in [-0.2, 0) is 17.9 Å². The third-order valence-corrected chi connectivity index (χ3v) is 5.68. The van der Waals surface area contributed by atoms with Gasteiger partial charge in [-0.3, -0.25) is 9.36 Å². The summed E-state index contributed by atoms with van der Waals surface area (Å²) in [4.78, 5) is 26.8. The molecular formula is C19H20N4O4. The summed E-state index contributed by atoms with van der Waals surface area (Å²) in [6.07, 6.45) is 0.675. The number of benzene rings is 1. The van der Waals surface area contributed by atoms with Crippen LogP contribution < -0.4 is 5.69 Å². The van der Waals surface area contributed by atoms with Gasteiger partial charge in [0, 0.05) is 17.5 Å². The van der Waals surface area contributed by atoms with E-state index in [4.69, 9.17) is 9.15 Å². The van der Waals surface area contributed by atoms with Gasteiger partial charge < -0.3 is 14.1 Å². The summed E-state index contributed by atoms with van der Waals surface area (Å²) >= 11 is 0. The highest BCUT2D eigenvalue weighted by Crippen LogP contribution is 2.33. The number of aromatic nitrogens is 3. The maximum atomic E-state index is 13.1. The first-order chi connectivity index (χ1) is 13.0. The molecular weight excluding hydrogens is 348 g/mol. The number of carbonyl (C=O) groups excluding carboxylic acids is 1. The molecule has 4 heterocycles. The number of aromatic amines is 1. The largest absolute Gasteiger partial charge is 0.451 e. The molecule has 0 saturated carbocycles. The second-order valence-electron chi connectivity index (χ2n) is 7.54. The molecule has 1 aromatic carbocycles. The number of hydrogen-bond acceptors (Lipinski definition) is 5. The van der Waals surface area contributed by atoms with E-state index in [1.54, 1.807) is 9.47 Å². The molecule has 2 aliphatic heterocycles. The van der Waals surface area contributed by atoms with Crippen LogP contribution in [0.2, 0.25) is 0 Å². The predicted molar refractivity (Wildman–Crippen MR) is 96.6 cm³/mol. The van der Waals surface area contributed by atoms with Gasteiger partial charge in [-0.2, -0.15) is 5.10 Å². The quantitative estimate of drug-likeness (QED) is 0.706. The Kier molecular flexibility index (Phi) is 3.36. The van der Waals surface area contributed by atoms with Crippen molar-refractivity contribution in [1.82, 2.24) is 19.7 Å². The number of amides is 1. The fraction of sp³-hybridized carbons (Fsp3) is 0.421. The maximum absolute atomic E-state index is 13.1. The van der Waals surface area contributed by atoms with Crippen molar-refractivity contribution in [1.29, 1.82) is 0 Å². The molecule has 27 heavy (non-hydrogen) atoms. The van der Waals surface area contributed by atoms with Crippen molar-refractivity contribution in [3.05, 3.63) is 51.4 Å². The minimum Gasteiger partial charge on any atom is -0.451 e. The van der Waals surface area contributed by atoms with Crippen LogP contribution in [0.1, 0.15) is 33.9 Å². The fourth-order valence-corrected chi connectivity index (χ4v) is 4.12. The number of rotatable bonds is 1. The van der Waals surface area contributed by atoms with E-state index in [0.29, 0.717) is 37.6 Å². The summed E-state index contributed by atoms with van der Waals surface area (Å²) in [7, 11) is 0. The lowest BCUT2D eigenvalue weighted by Gasteiger charge is -2.33. The highest BCUT2D eigenvalue weighted by molar-refractivity contribution is 5.99. The topological polar surface area (TPSA) is 93.4 Å². The second-order valence-corrected chi connectivity index (χ2v) is 7.54. The minimum absolute atomic E-state index is 0.132. The molecule has 2 aliphatic rings. The Bertz CT molecular complexity index is 1120. The number of H-pyrrole nitrogens is 1. The molecule has 0 aliphatic carbocycles. The lowest BCUT2D eigenvalue weighted by molar-refractivity contribution is -0.0816. The van der Waals surface area contributed by atoms with Crippen molar-refractivity contribution in [2.75, 3.05) is 13.1 Å². The SMILES string of the molecule is Cc1ccc2c(C)c(C(=O)N3CCC4(C3)Cn3c(n[nH]c3=O)CO4)oc2c1. The molecule has 1 saturated heterocycles. The normalized spacial score (nSPS) is 21.9. The number of nitrogens with zero attached hydrogens (tertiary/aromatic N) is 3. The highest BCUT2D eigenvalue weighted by Gasteiger charge is 2.45. The van der Waals surface area contributed by atoms with E-state index in [9.17, 15) is 9.59 Å². The van der Waals surface area contributed by atoms with E-state index in [2.05, 4.69) is 10.2 Å². The zero-order valence-electron chi connectivity index (χ0n) is 15.2. The number of ether oxygens (including phenoxy) is 1. The van der Waals surface area contributed by atoms with Gasteiger partial charge in [-0.15, -0.1) is 0 Å². The van der Waals surface area contributed by atoms with Crippen LogP contribution in [-0.4, -0.2) is 44.3 Å². The van der Waals surface area contributed by atoms with Crippen molar-refractivity contribution in [2.24, 2.45) is 0 Å². The van der Waals surface area contributed by atoms with E-state index in [1.165, 1.54) is 0 Å². The van der Waals surface area contributed by atoms with Gasteiger partial charge in [0.05, 0.1) is 13.1 Å². The first kappa shape index (κ1) is 16.3.